The maximum absolute atomic E-state index is 9.18. The molecule has 0 aliphatic carbocycles. The largest absolute Gasteiger partial charge is 0.396 e. The van der Waals surface area contributed by atoms with Crippen molar-refractivity contribution in [2.45, 2.75) is 39.2 Å². The minimum absolute atomic E-state index is 0.309. The molecule has 0 saturated carbocycles. The van der Waals surface area contributed by atoms with Gasteiger partial charge in [0.05, 0.1) is 17.6 Å². The molecule has 1 aromatic rings. The average molecular weight is 277 g/mol. The predicted octanol–water partition coefficient (Wildman–Crippen LogP) is 2.35. The van der Waals surface area contributed by atoms with Gasteiger partial charge in [0.25, 0.3) is 0 Å². The Labute approximate surface area is 122 Å². The monoisotopic (exact) mass is 277 g/mol. The molecule has 2 heterocycles. The molecule has 1 unspecified atom stereocenters. The van der Waals surface area contributed by atoms with Gasteiger partial charge in [0.15, 0.2) is 0 Å². The van der Waals surface area contributed by atoms with Crippen LogP contribution in [0, 0.1) is 5.92 Å². The summed E-state index contributed by atoms with van der Waals surface area (Å²) in [5.74, 6) is 0.483. The number of nitrogens with zero attached hydrogens (tertiary/aromatic N) is 2. The fraction of sp³-hybridized carbons (Fsp3) is 0.688. The average Bonchev–Trinajstić information content (AvgIpc) is 2.53. The molecule has 4 nitrogen and oxygen atoms in total. The lowest BCUT2D eigenvalue weighted by Gasteiger charge is -2.32. The summed E-state index contributed by atoms with van der Waals surface area (Å²) in [6.07, 6.45) is 5.28. The van der Waals surface area contributed by atoms with Gasteiger partial charge in [-0.2, -0.15) is 0 Å². The van der Waals surface area contributed by atoms with Crippen molar-refractivity contribution in [1.82, 2.24) is 10.3 Å². The number of hydrogen-bond acceptors (Lipinski definition) is 4. The first kappa shape index (κ1) is 15.3. The van der Waals surface area contributed by atoms with Crippen molar-refractivity contribution in [3.05, 3.63) is 24.0 Å². The van der Waals surface area contributed by atoms with Crippen molar-refractivity contribution in [1.29, 1.82) is 0 Å². The first-order chi connectivity index (χ1) is 9.74. The van der Waals surface area contributed by atoms with E-state index in [9.17, 15) is 5.11 Å². The summed E-state index contributed by atoms with van der Waals surface area (Å²) in [4.78, 5) is 6.96. The van der Waals surface area contributed by atoms with Crippen molar-refractivity contribution in [3.63, 3.8) is 0 Å². The number of anilines is 1. The molecule has 112 valence electrons. The second-order valence-corrected chi connectivity index (χ2v) is 5.73. The molecule has 1 fully saturated rings. The fourth-order valence-corrected chi connectivity index (χ4v) is 2.68. The molecule has 1 aliphatic rings. The highest BCUT2D eigenvalue weighted by Gasteiger charge is 2.19. The molecule has 1 aromatic heterocycles. The molecular formula is C16H27N3O. The van der Waals surface area contributed by atoms with Crippen LogP contribution in [-0.2, 0) is 0 Å². The molecule has 0 amide bonds. The van der Waals surface area contributed by atoms with Crippen LogP contribution in [0.1, 0.15) is 44.8 Å². The lowest BCUT2D eigenvalue weighted by molar-refractivity contribution is 0.203. The van der Waals surface area contributed by atoms with E-state index in [2.05, 4.69) is 41.2 Å². The van der Waals surface area contributed by atoms with Crippen LogP contribution in [0.15, 0.2) is 18.3 Å². The molecule has 20 heavy (non-hydrogen) atoms. The summed E-state index contributed by atoms with van der Waals surface area (Å²) in [5, 5.41) is 12.6. The summed E-state index contributed by atoms with van der Waals surface area (Å²) < 4.78 is 0. The highest BCUT2D eigenvalue weighted by atomic mass is 16.3. The van der Waals surface area contributed by atoms with Gasteiger partial charge in [0.1, 0.15) is 0 Å². The summed E-state index contributed by atoms with van der Waals surface area (Å²) in [6.45, 7) is 7.73. The standard InChI is InChI=1S/C16H27N3O/c1-3-8-17-13(2)16-5-4-15(11-18-16)19-9-6-14(12-20)7-10-19/h4-5,11,13-14,17,20H,3,6-10,12H2,1-2H3. The molecule has 0 bridgehead atoms. The van der Waals surface area contributed by atoms with Crippen LogP contribution >= 0.6 is 0 Å². The Bertz CT molecular complexity index is 385. The maximum atomic E-state index is 9.18. The summed E-state index contributed by atoms with van der Waals surface area (Å²) in [6, 6.07) is 4.61. The summed E-state index contributed by atoms with van der Waals surface area (Å²) >= 11 is 0. The molecule has 0 spiro atoms. The van der Waals surface area contributed by atoms with Crippen LogP contribution in [0.25, 0.3) is 0 Å². The number of aliphatic hydroxyl groups is 1. The predicted molar refractivity (Wildman–Crippen MR) is 83.0 cm³/mol. The van der Waals surface area contributed by atoms with Crippen molar-refractivity contribution < 1.29 is 5.11 Å². The zero-order chi connectivity index (χ0) is 14.4. The number of pyridine rings is 1. The van der Waals surface area contributed by atoms with Gasteiger partial charge in [-0.1, -0.05) is 6.92 Å². The van der Waals surface area contributed by atoms with E-state index in [1.807, 2.05) is 6.20 Å². The summed E-state index contributed by atoms with van der Waals surface area (Å²) in [7, 11) is 0. The molecule has 0 radical (unpaired) electrons. The van der Waals surface area contributed by atoms with Gasteiger partial charge in [-0.25, -0.2) is 0 Å². The molecule has 1 atom stereocenters. The zero-order valence-electron chi connectivity index (χ0n) is 12.7. The normalized spacial score (nSPS) is 18.2. The highest BCUT2D eigenvalue weighted by Crippen LogP contribution is 2.23. The molecule has 4 heteroatoms. The van der Waals surface area contributed by atoms with Crippen LogP contribution in [0.2, 0.25) is 0 Å². The number of aromatic nitrogens is 1. The quantitative estimate of drug-likeness (QED) is 0.838. The van der Waals surface area contributed by atoms with Gasteiger partial charge < -0.3 is 15.3 Å². The number of aliphatic hydroxyl groups excluding tert-OH is 1. The molecule has 1 aliphatic heterocycles. The lowest BCUT2D eigenvalue weighted by Crippen LogP contribution is -2.34. The molecular weight excluding hydrogens is 250 g/mol. The summed E-state index contributed by atoms with van der Waals surface area (Å²) in [5.41, 5.74) is 2.31. The van der Waals surface area contributed by atoms with E-state index in [1.165, 1.54) is 5.69 Å². The third-order valence-corrected chi connectivity index (χ3v) is 4.15. The van der Waals surface area contributed by atoms with Gasteiger partial charge >= 0.3 is 0 Å². The van der Waals surface area contributed by atoms with Gasteiger partial charge in [0, 0.05) is 25.7 Å². The SMILES string of the molecule is CCCNC(C)c1ccc(N2CCC(CO)CC2)cn1. The van der Waals surface area contributed by atoms with Crippen LogP contribution in [0.4, 0.5) is 5.69 Å². The molecule has 1 saturated heterocycles. The van der Waals surface area contributed by atoms with E-state index < -0.39 is 0 Å². The Kier molecular flexibility index (Phi) is 5.80. The Hall–Kier alpha value is -1.13. The number of piperidine rings is 1. The van der Waals surface area contributed by atoms with E-state index in [4.69, 9.17) is 0 Å². The lowest BCUT2D eigenvalue weighted by atomic mass is 9.97. The Morgan fingerprint density at radius 3 is 2.70 bits per heavy atom. The number of hydrogen-bond donors (Lipinski definition) is 2. The van der Waals surface area contributed by atoms with Crippen molar-refractivity contribution in [2.75, 3.05) is 31.1 Å². The van der Waals surface area contributed by atoms with Crippen LogP contribution < -0.4 is 10.2 Å². The zero-order valence-corrected chi connectivity index (χ0v) is 12.7. The number of nitrogens with one attached hydrogen (secondary N) is 1. The second-order valence-electron chi connectivity index (χ2n) is 5.73. The first-order valence-electron chi connectivity index (χ1n) is 7.79. The van der Waals surface area contributed by atoms with Gasteiger partial charge in [-0.05, 0) is 50.8 Å². The van der Waals surface area contributed by atoms with E-state index in [0.29, 0.717) is 18.6 Å². The molecule has 0 aromatic carbocycles. The maximum Gasteiger partial charge on any atom is 0.0572 e. The Morgan fingerprint density at radius 2 is 2.15 bits per heavy atom. The second kappa shape index (κ2) is 7.60. The van der Waals surface area contributed by atoms with Gasteiger partial charge in [-0.3, -0.25) is 4.98 Å². The van der Waals surface area contributed by atoms with Crippen LogP contribution in [0.3, 0.4) is 0 Å². The van der Waals surface area contributed by atoms with Crippen LogP contribution in [-0.4, -0.2) is 36.3 Å². The van der Waals surface area contributed by atoms with Crippen molar-refractivity contribution >= 4 is 5.69 Å². The van der Waals surface area contributed by atoms with Crippen LogP contribution in [0.5, 0.6) is 0 Å². The third kappa shape index (κ3) is 3.93. The van der Waals surface area contributed by atoms with Gasteiger partial charge in [0.2, 0.25) is 0 Å². The molecule has 2 N–H and O–H groups in total. The fourth-order valence-electron chi connectivity index (χ4n) is 2.68. The highest BCUT2D eigenvalue weighted by molar-refractivity contribution is 5.45. The van der Waals surface area contributed by atoms with Crippen molar-refractivity contribution in [2.24, 2.45) is 5.92 Å². The topological polar surface area (TPSA) is 48.4 Å². The van der Waals surface area contributed by atoms with Crippen molar-refractivity contribution in [3.8, 4) is 0 Å². The minimum atomic E-state index is 0.309. The first-order valence-corrected chi connectivity index (χ1v) is 7.79. The van der Waals surface area contributed by atoms with E-state index in [0.717, 1.165) is 44.6 Å². The Morgan fingerprint density at radius 1 is 1.40 bits per heavy atom. The van der Waals surface area contributed by atoms with E-state index in [1.54, 1.807) is 0 Å². The minimum Gasteiger partial charge on any atom is -0.396 e. The number of rotatable bonds is 6. The third-order valence-electron chi connectivity index (χ3n) is 4.15. The molecule has 2 rings (SSSR count). The van der Waals surface area contributed by atoms with E-state index >= 15 is 0 Å². The van der Waals surface area contributed by atoms with Gasteiger partial charge in [-0.15, -0.1) is 0 Å². The smallest absolute Gasteiger partial charge is 0.0572 e. The van der Waals surface area contributed by atoms with E-state index in [-0.39, 0.29) is 0 Å². The Balaban J connectivity index is 1.91.